The summed E-state index contributed by atoms with van der Waals surface area (Å²) in [6, 6.07) is 6.69. The molecule has 0 amide bonds. The van der Waals surface area contributed by atoms with Gasteiger partial charge in [0.2, 0.25) is 5.82 Å². The van der Waals surface area contributed by atoms with E-state index in [1.807, 2.05) is 0 Å². The Labute approximate surface area is 130 Å². The second kappa shape index (κ2) is 5.09. The number of para-hydroxylation sites is 1. The van der Waals surface area contributed by atoms with Gasteiger partial charge in [-0.2, -0.15) is 4.39 Å². The number of hydrogen-bond donors (Lipinski definition) is 1. The van der Waals surface area contributed by atoms with Crippen molar-refractivity contribution in [3.8, 4) is 5.69 Å². The quantitative estimate of drug-likeness (QED) is 0.670. The third-order valence-corrected chi connectivity index (χ3v) is 3.59. The van der Waals surface area contributed by atoms with Crippen LogP contribution in [0.2, 0.25) is 5.15 Å². The molecule has 0 aliphatic carbocycles. The van der Waals surface area contributed by atoms with Crippen LogP contribution in [-0.2, 0) is 0 Å². The van der Waals surface area contributed by atoms with Crippen LogP contribution in [0.15, 0.2) is 44.5 Å². The van der Waals surface area contributed by atoms with Gasteiger partial charge in [-0.25, -0.2) is 9.36 Å². The highest BCUT2D eigenvalue weighted by Gasteiger charge is 2.16. The monoisotopic (exact) mass is 369 g/mol. The van der Waals surface area contributed by atoms with E-state index >= 15 is 0 Å². The zero-order valence-corrected chi connectivity index (χ0v) is 12.6. The number of nitrogens with zero attached hydrogens (tertiary/aromatic N) is 2. The summed E-state index contributed by atoms with van der Waals surface area (Å²) in [7, 11) is 0. The van der Waals surface area contributed by atoms with Gasteiger partial charge in [-0.3, -0.25) is 14.8 Å². The molecular weight excluding hydrogens is 365 g/mol. The smallest absolute Gasteiger partial charge is 0.295 e. The number of fused-ring (bicyclic) bond motifs is 1. The first kappa shape index (κ1) is 14.0. The van der Waals surface area contributed by atoms with Crippen molar-refractivity contribution in [2.75, 3.05) is 0 Å². The first-order valence-corrected chi connectivity index (χ1v) is 6.91. The maximum atomic E-state index is 13.7. The van der Waals surface area contributed by atoms with Crippen LogP contribution in [0, 0.1) is 5.82 Å². The third-order valence-electron chi connectivity index (χ3n) is 2.90. The van der Waals surface area contributed by atoms with Gasteiger partial charge in [-0.05, 0) is 28.1 Å². The Hall–Kier alpha value is -1.99. The summed E-state index contributed by atoms with van der Waals surface area (Å²) in [6.07, 6.45) is 1.53. The van der Waals surface area contributed by atoms with Crippen LogP contribution in [0.4, 0.5) is 4.39 Å². The zero-order valence-electron chi connectivity index (χ0n) is 10.2. The Balaban J connectivity index is 2.45. The molecule has 0 aliphatic heterocycles. The largest absolute Gasteiger partial charge is 0.334 e. The molecular formula is C13H6BrClFN3O2. The summed E-state index contributed by atoms with van der Waals surface area (Å²) >= 11 is 8.74. The van der Waals surface area contributed by atoms with Crippen molar-refractivity contribution >= 4 is 38.4 Å². The van der Waals surface area contributed by atoms with E-state index in [2.05, 4.69) is 25.9 Å². The minimum absolute atomic E-state index is 0.182. The van der Waals surface area contributed by atoms with E-state index in [1.165, 1.54) is 12.3 Å². The molecule has 0 aliphatic rings. The molecule has 21 heavy (non-hydrogen) atoms. The van der Waals surface area contributed by atoms with Crippen LogP contribution in [0.1, 0.15) is 0 Å². The van der Waals surface area contributed by atoms with E-state index in [0.29, 0.717) is 15.5 Å². The van der Waals surface area contributed by atoms with Gasteiger partial charge in [0.05, 0.1) is 11.2 Å². The molecule has 0 bridgehead atoms. The van der Waals surface area contributed by atoms with Crippen molar-refractivity contribution in [1.29, 1.82) is 0 Å². The summed E-state index contributed by atoms with van der Waals surface area (Å²) in [5.74, 6) is -1.22. The number of hydrogen-bond acceptors (Lipinski definition) is 3. The molecule has 0 fully saturated rings. The maximum Gasteiger partial charge on any atom is 0.334 e. The summed E-state index contributed by atoms with van der Waals surface area (Å²) < 4.78 is 15.1. The second-order valence-corrected chi connectivity index (χ2v) is 5.49. The second-order valence-electron chi connectivity index (χ2n) is 4.20. The lowest BCUT2D eigenvalue weighted by Gasteiger charge is -2.08. The van der Waals surface area contributed by atoms with E-state index in [1.54, 1.807) is 18.2 Å². The standard InChI is InChI=1S/C13H6BrClFN3O2/c14-7-4-6-2-1-3-8(10(6)17-5-7)19-12(20)9(16)11(15)18-13(19)21/h1-5H,(H,18,21). The molecule has 2 heterocycles. The predicted molar refractivity (Wildman–Crippen MR) is 80.6 cm³/mol. The number of pyridine rings is 1. The van der Waals surface area contributed by atoms with Gasteiger partial charge in [0, 0.05) is 16.1 Å². The van der Waals surface area contributed by atoms with Crippen LogP contribution in [0.3, 0.4) is 0 Å². The molecule has 5 nitrogen and oxygen atoms in total. The van der Waals surface area contributed by atoms with Crippen molar-refractivity contribution in [2.24, 2.45) is 0 Å². The van der Waals surface area contributed by atoms with Crippen LogP contribution in [-0.4, -0.2) is 14.5 Å². The molecule has 0 radical (unpaired) electrons. The van der Waals surface area contributed by atoms with Gasteiger partial charge < -0.3 is 0 Å². The Morgan fingerprint density at radius 2 is 2.10 bits per heavy atom. The highest BCUT2D eigenvalue weighted by Crippen LogP contribution is 2.21. The molecule has 106 valence electrons. The summed E-state index contributed by atoms with van der Waals surface area (Å²) in [6.45, 7) is 0. The summed E-state index contributed by atoms with van der Waals surface area (Å²) in [4.78, 5) is 30.2. The molecule has 0 saturated heterocycles. The normalized spacial score (nSPS) is 11.0. The molecule has 1 N–H and O–H groups in total. The van der Waals surface area contributed by atoms with Crippen LogP contribution < -0.4 is 11.2 Å². The molecule has 8 heteroatoms. The Bertz CT molecular complexity index is 983. The molecule has 0 atom stereocenters. The number of aromatic nitrogens is 3. The van der Waals surface area contributed by atoms with Gasteiger partial charge in [-0.1, -0.05) is 23.7 Å². The molecule has 2 aromatic heterocycles. The molecule has 0 spiro atoms. The lowest BCUT2D eigenvalue weighted by molar-refractivity contribution is 0.585. The van der Waals surface area contributed by atoms with Gasteiger partial charge >= 0.3 is 5.69 Å². The third kappa shape index (κ3) is 2.28. The lowest BCUT2D eigenvalue weighted by Crippen LogP contribution is -2.36. The molecule has 1 aromatic carbocycles. The fourth-order valence-corrected chi connectivity index (χ4v) is 2.52. The van der Waals surface area contributed by atoms with Crippen LogP contribution in [0.5, 0.6) is 0 Å². The summed E-state index contributed by atoms with van der Waals surface area (Å²) in [5, 5.41) is 0.0840. The van der Waals surface area contributed by atoms with Crippen LogP contribution in [0.25, 0.3) is 16.6 Å². The zero-order chi connectivity index (χ0) is 15.1. The lowest BCUT2D eigenvalue weighted by atomic mass is 10.2. The van der Waals surface area contributed by atoms with E-state index in [0.717, 1.165) is 4.47 Å². The average Bonchev–Trinajstić information content (AvgIpc) is 2.45. The number of halogens is 3. The highest BCUT2D eigenvalue weighted by atomic mass is 79.9. The Morgan fingerprint density at radius 3 is 2.86 bits per heavy atom. The number of benzene rings is 1. The number of aromatic amines is 1. The minimum atomic E-state index is -1.22. The number of nitrogens with one attached hydrogen (secondary N) is 1. The minimum Gasteiger partial charge on any atom is -0.295 e. The van der Waals surface area contributed by atoms with E-state index in [-0.39, 0.29) is 5.69 Å². The van der Waals surface area contributed by atoms with Gasteiger partial charge in [-0.15, -0.1) is 0 Å². The van der Waals surface area contributed by atoms with Crippen molar-refractivity contribution in [2.45, 2.75) is 0 Å². The molecule has 3 aromatic rings. The molecule has 0 saturated carbocycles. The van der Waals surface area contributed by atoms with Crippen LogP contribution >= 0.6 is 27.5 Å². The van der Waals surface area contributed by atoms with Gasteiger partial charge in [0.1, 0.15) is 0 Å². The van der Waals surface area contributed by atoms with Crippen molar-refractivity contribution in [3.63, 3.8) is 0 Å². The fourth-order valence-electron chi connectivity index (χ4n) is 2.01. The highest BCUT2D eigenvalue weighted by molar-refractivity contribution is 9.10. The van der Waals surface area contributed by atoms with Crippen molar-refractivity contribution in [1.82, 2.24) is 14.5 Å². The Kier molecular flexibility index (Phi) is 3.38. The maximum absolute atomic E-state index is 13.7. The SMILES string of the molecule is O=c1[nH]c(Cl)c(F)c(=O)n1-c1cccc2cc(Br)cnc12. The van der Waals surface area contributed by atoms with E-state index < -0.39 is 22.2 Å². The number of H-pyrrole nitrogens is 1. The topological polar surface area (TPSA) is 67.8 Å². The summed E-state index contributed by atoms with van der Waals surface area (Å²) in [5.41, 5.74) is -1.37. The first-order chi connectivity index (χ1) is 9.99. The van der Waals surface area contributed by atoms with E-state index in [9.17, 15) is 14.0 Å². The van der Waals surface area contributed by atoms with Crippen molar-refractivity contribution in [3.05, 3.63) is 66.7 Å². The molecule has 0 unspecified atom stereocenters. The molecule has 3 rings (SSSR count). The van der Waals surface area contributed by atoms with E-state index in [4.69, 9.17) is 11.6 Å². The fraction of sp³-hybridized carbons (Fsp3) is 0. The average molecular weight is 371 g/mol. The predicted octanol–water partition coefficient (Wildman–Crippen LogP) is 2.63. The first-order valence-electron chi connectivity index (χ1n) is 5.74. The van der Waals surface area contributed by atoms with Gasteiger partial charge in [0.25, 0.3) is 5.56 Å². The van der Waals surface area contributed by atoms with Crippen molar-refractivity contribution < 1.29 is 4.39 Å². The Morgan fingerprint density at radius 1 is 1.33 bits per heavy atom. The number of rotatable bonds is 1. The van der Waals surface area contributed by atoms with Gasteiger partial charge in [0.15, 0.2) is 5.15 Å².